The molecule has 5 nitrogen and oxygen atoms in total. The van der Waals surface area contributed by atoms with Crippen LogP contribution >= 0.6 is 0 Å². The number of hydrogen-bond donors (Lipinski definition) is 2. The van der Waals surface area contributed by atoms with Gasteiger partial charge < -0.3 is 10.3 Å². The monoisotopic (exact) mass is 205 g/mol. The van der Waals surface area contributed by atoms with Crippen LogP contribution in [0.3, 0.4) is 0 Å². The van der Waals surface area contributed by atoms with Crippen molar-refractivity contribution in [3.05, 3.63) is 34.2 Å². The van der Waals surface area contributed by atoms with Gasteiger partial charge in [0, 0.05) is 12.2 Å². The zero-order valence-corrected chi connectivity index (χ0v) is 8.28. The van der Waals surface area contributed by atoms with Crippen LogP contribution < -0.4 is 10.9 Å². The lowest BCUT2D eigenvalue weighted by molar-refractivity contribution is 0.0939. The summed E-state index contributed by atoms with van der Waals surface area (Å²) in [5.74, 6) is -0.459. The standard InChI is InChI=1S/C10H11N3O2/c1-7(4-5-11)13-10(15)8-3-2-6-12-9(8)14/h2-3,6-7H,4H2,1H3,(H,12,14)(H,13,15)/t7-/m0/s1. The van der Waals surface area contributed by atoms with Crippen molar-refractivity contribution in [1.29, 1.82) is 5.26 Å². The molecule has 1 rings (SSSR count). The zero-order valence-electron chi connectivity index (χ0n) is 8.28. The van der Waals surface area contributed by atoms with Gasteiger partial charge in [-0.2, -0.15) is 5.26 Å². The first-order valence-corrected chi connectivity index (χ1v) is 4.50. The third-order valence-electron chi connectivity index (χ3n) is 1.84. The van der Waals surface area contributed by atoms with Gasteiger partial charge >= 0.3 is 0 Å². The molecule has 0 saturated carbocycles. The Morgan fingerprint density at radius 3 is 3.07 bits per heavy atom. The average Bonchev–Trinajstić information content (AvgIpc) is 2.18. The van der Waals surface area contributed by atoms with Crippen molar-refractivity contribution < 1.29 is 4.79 Å². The Morgan fingerprint density at radius 1 is 1.73 bits per heavy atom. The summed E-state index contributed by atoms with van der Waals surface area (Å²) in [5.41, 5.74) is -0.374. The second kappa shape index (κ2) is 4.96. The molecule has 1 heterocycles. The Balaban J connectivity index is 2.75. The van der Waals surface area contributed by atoms with E-state index in [0.717, 1.165) is 0 Å². The number of carbonyl (C=O) groups excluding carboxylic acids is 1. The number of amides is 1. The van der Waals surface area contributed by atoms with E-state index in [1.165, 1.54) is 12.3 Å². The number of nitrogens with one attached hydrogen (secondary N) is 2. The van der Waals surface area contributed by atoms with E-state index in [-0.39, 0.29) is 18.0 Å². The normalized spacial score (nSPS) is 11.5. The summed E-state index contributed by atoms with van der Waals surface area (Å²) in [6, 6.07) is 4.69. The average molecular weight is 205 g/mol. The van der Waals surface area contributed by atoms with Crippen LogP contribution in [0.2, 0.25) is 0 Å². The van der Waals surface area contributed by atoms with Crippen molar-refractivity contribution >= 4 is 5.91 Å². The molecule has 78 valence electrons. The number of H-pyrrole nitrogens is 1. The maximum absolute atomic E-state index is 11.5. The third kappa shape index (κ3) is 2.95. The number of aromatic amines is 1. The van der Waals surface area contributed by atoms with E-state index >= 15 is 0 Å². The van der Waals surface area contributed by atoms with Gasteiger partial charge in [-0.1, -0.05) is 0 Å². The molecule has 15 heavy (non-hydrogen) atoms. The van der Waals surface area contributed by atoms with Crippen molar-refractivity contribution in [2.75, 3.05) is 0 Å². The molecule has 0 aliphatic heterocycles. The van der Waals surface area contributed by atoms with Gasteiger partial charge in [-0.05, 0) is 19.1 Å². The summed E-state index contributed by atoms with van der Waals surface area (Å²) >= 11 is 0. The van der Waals surface area contributed by atoms with Crippen LogP contribution in [0.1, 0.15) is 23.7 Å². The molecule has 1 amide bonds. The molecule has 2 N–H and O–H groups in total. The molecule has 5 heteroatoms. The molecule has 1 aromatic rings. The van der Waals surface area contributed by atoms with E-state index in [0.29, 0.717) is 0 Å². The van der Waals surface area contributed by atoms with Crippen LogP contribution in [0, 0.1) is 11.3 Å². The molecular formula is C10H11N3O2. The minimum absolute atomic E-state index is 0.0577. The Kier molecular flexibility index (Phi) is 3.63. The SMILES string of the molecule is C[C@@H](CC#N)NC(=O)c1ccc[nH]c1=O. The number of carbonyl (C=O) groups is 1. The summed E-state index contributed by atoms with van der Waals surface area (Å²) < 4.78 is 0. The van der Waals surface area contributed by atoms with Crippen molar-refractivity contribution in [3.63, 3.8) is 0 Å². The summed E-state index contributed by atoms with van der Waals surface area (Å²) in [6.07, 6.45) is 1.67. The number of nitriles is 1. The quantitative estimate of drug-likeness (QED) is 0.749. The van der Waals surface area contributed by atoms with Gasteiger partial charge in [0.1, 0.15) is 5.56 Å². The molecule has 1 atom stereocenters. The summed E-state index contributed by atoms with van der Waals surface area (Å²) in [6.45, 7) is 1.71. The zero-order chi connectivity index (χ0) is 11.3. The number of rotatable bonds is 3. The highest BCUT2D eigenvalue weighted by Gasteiger charge is 2.11. The lowest BCUT2D eigenvalue weighted by Crippen LogP contribution is -2.35. The molecular weight excluding hydrogens is 194 g/mol. The van der Waals surface area contributed by atoms with E-state index < -0.39 is 11.5 Å². The van der Waals surface area contributed by atoms with E-state index in [1.54, 1.807) is 13.0 Å². The largest absolute Gasteiger partial charge is 0.348 e. The van der Waals surface area contributed by atoms with Crippen LogP contribution in [-0.2, 0) is 0 Å². The third-order valence-corrected chi connectivity index (χ3v) is 1.84. The van der Waals surface area contributed by atoms with Gasteiger partial charge in [-0.3, -0.25) is 9.59 Å². The predicted octanol–water partition coefficient (Wildman–Crippen LogP) is 0.407. The van der Waals surface area contributed by atoms with Gasteiger partial charge in [0.05, 0.1) is 12.5 Å². The van der Waals surface area contributed by atoms with E-state index in [4.69, 9.17) is 5.26 Å². The fourth-order valence-electron chi connectivity index (χ4n) is 1.09. The van der Waals surface area contributed by atoms with Crippen LogP contribution in [0.4, 0.5) is 0 Å². The Morgan fingerprint density at radius 2 is 2.47 bits per heavy atom. The van der Waals surface area contributed by atoms with Gasteiger partial charge in [-0.15, -0.1) is 0 Å². The smallest absolute Gasteiger partial charge is 0.260 e. The van der Waals surface area contributed by atoms with Gasteiger partial charge in [-0.25, -0.2) is 0 Å². The summed E-state index contributed by atoms with van der Waals surface area (Å²) in [7, 11) is 0. The number of hydrogen-bond acceptors (Lipinski definition) is 3. The highest BCUT2D eigenvalue weighted by Crippen LogP contribution is 1.93. The van der Waals surface area contributed by atoms with Gasteiger partial charge in [0.25, 0.3) is 11.5 Å². The molecule has 0 bridgehead atoms. The summed E-state index contributed by atoms with van der Waals surface area (Å²) in [5, 5.41) is 11.0. The van der Waals surface area contributed by atoms with Gasteiger partial charge in [0.15, 0.2) is 0 Å². The number of pyridine rings is 1. The number of nitrogens with zero attached hydrogens (tertiary/aromatic N) is 1. The molecule has 0 radical (unpaired) electrons. The lowest BCUT2D eigenvalue weighted by Gasteiger charge is -2.09. The highest BCUT2D eigenvalue weighted by molar-refractivity contribution is 5.93. The maximum Gasteiger partial charge on any atom is 0.260 e. The molecule has 0 aromatic carbocycles. The van der Waals surface area contributed by atoms with Crippen molar-refractivity contribution in [2.45, 2.75) is 19.4 Å². The van der Waals surface area contributed by atoms with E-state index in [2.05, 4.69) is 10.3 Å². The van der Waals surface area contributed by atoms with Crippen LogP contribution in [-0.4, -0.2) is 16.9 Å². The molecule has 0 fully saturated rings. The van der Waals surface area contributed by atoms with Crippen molar-refractivity contribution in [3.8, 4) is 6.07 Å². The molecule has 0 aliphatic carbocycles. The second-order valence-corrected chi connectivity index (χ2v) is 3.15. The molecule has 0 spiro atoms. The number of aromatic nitrogens is 1. The first kappa shape index (κ1) is 11.0. The van der Waals surface area contributed by atoms with Crippen LogP contribution in [0.25, 0.3) is 0 Å². The predicted molar refractivity (Wildman–Crippen MR) is 54.2 cm³/mol. The first-order chi connectivity index (χ1) is 7.15. The fourth-order valence-corrected chi connectivity index (χ4v) is 1.09. The Labute approximate surface area is 86.7 Å². The van der Waals surface area contributed by atoms with Crippen LogP contribution in [0.15, 0.2) is 23.1 Å². The topological polar surface area (TPSA) is 85.8 Å². The van der Waals surface area contributed by atoms with Crippen LogP contribution in [0.5, 0.6) is 0 Å². The second-order valence-electron chi connectivity index (χ2n) is 3.15. The van der Waals surface area contributed by atoms with Crippen molar-refractivity contribution in [1.82, 2.24) is 10.3 Å². The minimum Gasteiger partial charge on any atom is -0.348 e. The Bertz CT molecular complexity index is 444. The van der Waals surface area contributed by atoms with Gasteiger partial charge in [0.2, 0.25) is 0 Å². The minimum atomic E-state index is -0.459. The molecule has 0 aliphatic rings. The van der Waals surface area contributed by atoms with E-state index in [9.17, 15) is 9.59 Å². The van der Waals surface area contributed by atoms with E-state index in [1.807, 2.05) is 6.07 Å². The molecule has 0 unspecified atom stereocenters. The fraction of sp³-hybridized carbons (Fsp3) is 0.300. The Hall–Kier alpha value is -2.09. The highest BCUT2D eigenvalue weighted by atomic mass is 16.2. The molecule has 0 saturated heterocycles. The maximum atomic E-state index is 11.5. The van der Waals surface area contributed by atoms with Crippen molar-refractivity contribution in [2.24, 2.45) is 0 Å². The lowest BCUT2D eigenvalue weighted by atomic mass is 10.2. The summed E-state index contributed by atoms with van der Waals surface area (Å²) in [4.78, 5) is 25.1. The molecule has 1 aromatic heterocycles. The first-order valence-electron chi connectivity index (χ1n) is 4.50.